The van der Waals surface area contributed by atoms with Crippen LogP contribution in [-0.4, -0.2) is 37.9 Å². The van der Waals surface area contributed by atoms with Crippen molar-refractivity contribution in [3.8, 4) is 6.07 Å². The van der Waals surface area contributed by atoms with Crippen molar-refractivity contribution >= 4 is 0 Å². The molecule has 1 heterocycles. The van der Waals surface area contributed by atoms with Gasteiger partial charge in [-0.2, -0.15) is 5.26 Å². The number of aromatic nitrogens is 3. The van der Waals surface area contributed by atoms with Crippen LogP contribution in [0.2, 0.25) is 0 Å². The van der Waals surface area contributed by atoms with E-state index in [4.69, 9.17) is 10.4 Å². The zero-order valence-electron chi connectivity index (χ0n) is 11.7. The average molecular weight is 278 g/mol. The van der Waals surface area contributed by atoms with Crippen LogP contribution in [0.5, 0.6) is 0 Å². The summed E-state index contributed by atoms with van der Waals surface area (Å²) in [7, 11) is 0. The van der Waals surface area contributed by atoms with Gasteiger partial charge in [-0.15, -0.1) is 5.10 Å². The molecular weight excluding hydrogens is 256 g/mol. The van der Waals surface area contributed by atoms with E-state index in [2.05, 4.69) is 16.4 Å². The highest BCUT2D eigenvalue weighted by Gasteiger charge is 2.18. The molecular formula is C14H22N4O2. The smallest absolute Gasteiger partial charge is 0.185 e. The summed E-state index contributed by atoms with van der Waals surface area (Å²) < 4.78 is 1.56. The van der Waals surface area contributed by atoms with Crippen LogP contribution in [-0.2, 0) is 13.0 Å². The molecule has 1 aromatic heterocycles. The molecule has 1 unspecified atom stereocenters. The van der Waals surface area contributed by atoms with Gasteiger partial charge >= 0.3 is 0 Å². The number of aliphatic hydroxyl groups is 2. The Morgan fingerprint density at radius 3 is 2.75 bits per heavy atom. The fourth-order valence-corrected chi connectivity index (χ4v) is 2.89. The zero-order valence-corrected chi connectivity index (χ0v) is 11.7. The third-order valence-electron chi connectivity index (χ3n) is 4.05. The number of rotatable bonds is 6. The molecule has 20 heavy (non-hydrogen) atoms. The van der Waals surface area contributed by atoms with Crippen molar-refractivity contribution in [2.45, 2.75) is 57.6 Å². The molecule has 6 nitrogen and oxygen atoms in total. The molecule has 1 atom stereocenters. The summed E-state index contributed by atoms with van der Waals surface area (Å²) in [4.78, 5) is 0. The molecule has 0 saturated heterocycles. The van der Waals surface area contributed by atoms with E-state index in [9.17, 15) is 5.11 Å². The Morgan fingerprint density at radius 2 is 2.10 bits per heavy atom. The van der Waals surface area contributed by atoms with E-state index >= 15 is 0 Å². The van der Waals surface area contributed by atoms with Gasteiger partial charge in [-0.3, -0.25) is 0 Å². The molecule has 2 N–H and O–H groups in total. The van der Waals surface area contributed by atoms with Gasteiger partial charge in [0.2, 0.25) is 0 Å². The predicted molar refractivity (Wildman–Crippen MR) is 72.7 cm³/mol. The zero-order chi connectivity index (χ0) is 14.4. The lowest BCUT2D eigenvalue weighted by molar-refractivity contribution is 0.0769. The summed E-state index contributed by atoms with van der Waals surface area (Å²) in [5, 5.41) is 35.3. The Labute approximate surface area is 119 Å². The van der Waals surface area contributed by atoms with Gasteiger partial charge in [-0.1, -0.05) is 37.3 Å². The Bertz CT molecular complexity index is 460. The topological polar surface area (TPSA) is 95.0 Å². The van der Waals surface area contributed by atoms with Gasteiger partial charge in [0.05, 0.1) is 24.9 Å². The SMILES string of the molecule is N#Cc1nnn(CC(O)CO)c1CCC1CCCCC1. The second kappa shape index (κ2) is 7.36. The first-order valence-corrected chi connectivity index (χ1v) is 7.36. The van der Waals surface area contributed by atoms with Crippen LogP contribution in [0.4, 0.5) is 0 Å². The van der Waals surface area contributed by atoms with Gasteiger partial charge in [-0.05, 0) is 18.8 Å². The number of aliphatic hydroxyl groups excluding tert-OH is 2. The molecule has 0 radical (unpaired) electrons. The predicted octanol–water partition coefficient (Wildman–Crippen LogP) is 1.02. The molecule has 1 fully saturated rings. The highest BCUT2D eigenvalue weighted by molar-refractivity contribution is 5.24. The molecule has 0 spiro atoms. The third kappa shape index (κ3) is 3.78. The van der Waals surface area contributed by atoms with Gasteiger partial charge in [0, 0.05) is 0 Å². The molecule has 6 heteroatoms. The van der Waals surface area contributed by atoms with Crippen LogP contribution >= 0.6 is 0 Å². The van der Waals surface area contributed by atoms with E-state index in [1.54, 1.807) is 4.68 Å². The van der Waals surface area contributed by atoms with E-state index in [1.165, 1.54) is 32.1 Å². The molecule has 110 valence electrons. The molecule has 1 aromatic rings. The highest BCUT2D eigenvalue weighted by Crippen LogP contribution is 2.27. The molecule has 1 aliphatic carbocycles. The Morgan fingerprint density at radius 1 is 1.35 bits per heavy atom. The summed E-state index contributed by atoms with van der Waals surface area (Å²) in [6.45, 7) is -0.130. The quantitative estimate of drug-likeness (QED) is 0.810. The third-order valence-corrected chi connectivity index (χ3v) is 4.05. The first-order chi connectivity index (χ1) is 9.74. The Hall–Kier alpha value is -1.45. The van der Waals surface area contributed by atoms with E-state index in [0.717, 1.165) is 24.5 Å². The van der Waals surface area contributed by atoms with Crippen molar-refractivity contribution in [3.05, 3.63) is 11.4 Å². The molecule has 1 aliphatic rings. The molecule has 1 saturated carbocycles. The normalized spacial score (nSPS) is 17.9. The van der Waals surface area contributed by atoms with Crippen LogP contribution in [0.3, 0.4) is 0 Å². The lowest BCUT2D eigenvalue weighted by Crippen LogP contribution is -2.22. The lowest BCUT2D eigenvalue weighted by atomic mass is 9.85. The van der Waals surface area contributed by atoms with E-state index in [0.29, 0.717) is 5.69 Å². The second-order valence-corrected chi connectivity index (χ2v) is 5.56. The van der Waals surface area contributed by atoms with Gasteiger partial charge in [0.1, 0.15) is 6.07 Å². The minimum atomic E-state index is -0.864. The van der Waals surface area contributed by atoms with Gasteiger partial charge in [0.25, 0.3) is 0 Å². The van der Waals surface area contributed by atoms with E-state index < -0.39 is 6.10 Å². The summed E-state index contributed by atoms with van der Waals surface area (Å²) in [5.74, 6) is 0.724. The Kier molecular flexibility index (Phi) is 5.50. The van der Waals surface area contributed by atoms with Crippen molar-refractivity contribution in [3.63, 3.8) is 0 Å². The fraction of sp³-hybridized carbons (Fsp3) is 0.786. The summed E-state index contributed by atoms with van der Waals surface area (Å²) >= 11 is 0. The van der Waals surface area contributed by atoms with Gasteiger partial charge in [0.15, 0.2) is 5.69 Å². The van der Waals surface area contributed by atoms with Crippen molar-refractivity contribution in [1.82, 2.24) is 15.0 Å². The highest BCUT2D eigenvalue weighted by atomic mass is 16.3. The van der Waals surface area contributed by atoms with Crippen LogP contribution in [0.1, 0.15) is 49.9 Å². The van der Waals surface area contributed by atoms with Crippen molar-refractivity contribution in [2.24, 2.45) is 5.92 Å². The molecule has 2 rings (SSSR count). The first-order valence-electron chi connectivity index (χ1n) is 7.36. The first kappa shape index (κ1) is 14.9. The number of hydrogen-bond donors (Lipinski definition) is 2. The summed E-state index contributed by atoms with van der Waals surface area (Å²) in [6.07, 6.45) is 7.41. The minimum absolute atomic E-state index is 0.186. The van der Waals surface area contributed by atoms with Crippen LogP contribution in [0.15, 0.2) is 0 Å². The van der Waals surface area contributed by atoms with Crippen molar-refractivity contribution < 1.29 is 10.2 Å². The fourth-order valence-electron chi connectivity index (χ4n) is 2.89. The van der Waals surface area contributed by atoms with E-state index in [1.807, 2.05) is 0 Å². The maximum atomic E-state index is 9.51. The van der Waals surface area contributed by atoms with Gasteiger partial charge in [-0.25, -0.2) is 4.68 Å². The molecule has 0 aliphatic heterocycles. The van der Waals surface area contributed by atoms with Gasteiger partial charge < -0.3 is 10.2 Å². The number of nitrogens with zero attached hydrogens (tertiary/aromatic N) is 4. The molecule has 0 aromatic carbocycles. The largest absolute Gasteiger partial charge is 0.394 e. The average Bonchev–Trinajstić information content (AvgIpc) is 2.88. The maximum absolute atomic E-state index is 9.51. The maximum Gasteiger partial charge on any atom is 0.185 e. The standard InChI is InChI=1S/C14H22N4O2/c15-8-13-14(7-6-11-4-2-1-3-5-11)18(17-16-13)9-12(20)10-19/h11-12,19-20H,1-7,9-10H2. The Balaban J connectivity index is 2.00. The number of nitriles is 1. The summed E-state index contributed by atoms with van der Waals surface area (Å²) in [5.41, 5.74) is 1.12. The molecule has 0 bridgehead atoms. The summed E-state index contributed by atoms with van der Waals surface area (Å²) in [6, 6.07) is 2.06. The lowest BCUT2D eigenvalue weighted by Gasteiger charge is -2.21. The van der Waals surface area contributed by atoms with E-state index in [-0.39, 0.29) is 13.2 Å². The minimum Gasteiger partial charge on any atom is -0.394 e. The monoisotopic (exact) mass is 278 g/mol. The molecule has 0 amide bonds. The van der Waals surface area contributed by atoms with Crippen LogP contribution < -0.4 is 0 Å². The van der Waals surface area contributed by atoms with Crippen LogP contribution in [0, 0.1) is 17.2 Å². The van der Waals surface area contributed by atoms with Crippen LogP contribution in [0.25, 0.3) is 0 Å². The number of hydrogen-bond acceptors (Lipinski definition) is 5. The second-order valence-electron chi connectivity index (χ2n) is 5.56. The van der Waals surface area contributed by atoms with Crippen molar-refractivity contribution in [2.75, 3.05) is 6.61 Å². The van der Waals surface area contributed by atoms with Crippen molar-refractivity contribution in [1.29, 1.82) is 5.26 Å².